The molecule has 20 heavy (non-hydrogen) atoms. The van der Waals surface area contributed by atoms with Crippen molar-refractivity contribution in [1.82, 2.24) is 4.90 Å². The lowest BCUT2D eigenvalue weighted by Gasteiger charge is -2.21. The number of hydrogen-bond acceptors (Lipinski definition) is 3. The number of benzene rings is 1. The summed E-state index contributed by atoms with van der Waals surface area (Å²) in [5, 5.41) is 17.5. The maximum Gasteiger partial charge on any atom is 0.255 e. The smallest absolute Gasteiger partial charge is 0.255 e. The monoisotopic (exact) mass is 268 g/mol. The normalized spacial score (nSPS) is 13.0. The summed E-state index contributed by atoms with van der Waals surface area (Å²) in [6.07, 6.45) is 2.34. The lowest BCUT2D eigenvalue weighted by atomic mass is 10.1. The fourth-order valence-electron chi connectivity index (χ4n) is 2.07. The second-order valence-electron chi connectivity index (χ2n) is 4.64. The summed E-state index contributed by atoms with van der Waals surface area (Å²) >= 11 is 0. The Kier molecular flexibility index (Phi) is 4.76. The summed E-state index contributed by atoms with van der Waals surface area (Å²) in [4.78, 5) is 14.4. The van der Waals surface area contributed by atoms with E-state index in [9.17, 15) is 4.79 Å². The molecular weight excluding hydrogens is 252 g/mol. The van der Waals surface area contributed by atoms with E-state index in [2.05, 4.69) is 17.9 Å². The molecule has 102 valence electrons. The van der Waals surface area contributed by atoms with Crippen molar-refractivity contribution in [3.63, 3.8) is 0 Å². The molecule has 0 atom stereocenters. The Bertz CT molecular complexity index is 588. The largest absolute Gasteiger partial charge is 0.384 e. The maximum atomic E-state index is 12.6. The average Bonchev–Trinajstić information content (AvgIpc) is 3.30. The van der Waals surface area contributed by atoms with Crippen LogP contribution in [0.25, 0.3) is 0 Å². The van der Waals surface area contributed by atoms with Gasteiger partial charge in [0, 0.05) is 18.2 Å². The average molecular weight is 268 g/mol. The predicted molar refractivity (Wildman–Crippen MR) is 74.7 cm³/mol. The minimum Gasteiger partial charge on any atom is -0.384 e. The number of carbonyl (C=O) groups excluding carboxylic acids is 1. The van der Waals surface area contributed by atoms with Crippen LogP contribution < -0.4 is 0 Å². The van der Waals surface area contributed by atoms with E-state index < -0.39 is 0 Å². The molecule has 2 rings (SSSR count). The van der Waals surface area contributed by atoms with Crippen LogP contribution in [0.15, 0.2) is 24.3 Å². The van der Waals surface area contributed by atoms with Crippen LogP contribution in [0.4, 0.5) is 0 Å². The summed E-state index contributed by atoms with van der Waals surface area (Å²) in [5.74, 6) is 5.29. The van der Waals surface area contributed by atoms with Gasteiger partial charge in [-0.05, 0) is 25.0 Å². The van der Waals surface area contributed by atoms with Gasteiger partial charge in [-0.1, -0.05) is 24.0 Å². The quantitative estimate of drug-likeness (QED) is 0.843. The molecular formula is C16H16N2O2. The molecule has 0 unspecified atom stereocenters. The highest BCUT2D eigenvalue weighted by molar-refractivity contribution is 5.97. The SMILES string of the molecule is N#CCCN(C(=O)c1ccccc1C#CCO)C1CC1. The van der Waals surface area contributed by atoms with Crippen molar-refractivity contribution in [2.45, 2.75) is 25.3 Å². The molecule has 1 N–H and O–H groups in total. The van der Waals surface area contributed by atoms with E-state index in [1.807, 2.05) is 6.07 Å². The van der Waals surface area contributed by atoms with E-state index in [0.29, 0.717) is 24.1 Å². The Hall–Kier alpha value is -2.30. The van der Waals surface area contributed by atoms with E-state index in [1.54, 1.807) is 23.1 Å². The summed E-state index contributed by atoms with van der Waals surface area (Å²) in [6.45, 7) is 0.227. The molecule has 4 heteroatoms. The fourth-order valence-corrected chi connectivity index (χ4v) is 2.07. The molecule has 4 nitrogen and oxygen atoms in total. The molecule has 1 aliphatic carbocycles. The Balaban J connectivity index is 2.25. The molecule has 0 saturated heterocycles. The highest BCUT2D eigenvalue weighted by Gasteiger charge is 2.33. The van der Waals surface area contributed by atoms with E-state index in [0.717, 1.165) is 12.8 Å². The number of hydrogen-bond donors (Lipinski definition) is 1. The molecule has 1 fully saturated rings. The van der Waals surface area contributed by atoms with Gasteiger partial charge in [0.1, 0.15) is 6.61 Å². The second-order valence-corrected chi connectivity index (χ2v) is 4.64. The predicted octanol–water partition coefficient (Wildman–Crippen LogP) is 1.55. The third kappa shape index (κ3) is 3.38. The zero-order valence-electron chi connectivity index (χ0n) is 11.2. The van der Waals surface area contributed by atoms with Gasteiger partial charge >= 0.3 is 0 Å². The molecule has 0 aromatic heterocycles. The molecule has 1 amide bonds. The molecule has 1 aromatic rings. The van der Waals surface area contributed by atoms with Gasteiger partial charge < -0.3 is 10.0 Å². The number of amides is 1. The number of nitriles is 1. The summed E-state index contributed by atoms with van der Waals surface area (Å²) < 4.78 is 0. The lowest BCUT2D eigenvalue weighted by Crippen LogP contribution is -2.34. The van der Waals surface area contributed by atoms with Gasteiger partial charge in [0.15, 0.2) is 0 Å². The third-order valence-electron chi connectivity index (χ3n) is 3.17. The highest BCUT2D eigenvalue weighted by Crippen LogP contribution is 2.28. The second kappa shape index (κ2) is 6.75. The van der Waals surface area contributed by atoms with Crippen molar-refractivity contribution in [2.75, 3.05) is 13.2 Å². The van der Waals surface area contributed by atoms with Gasteiger partial charge in [-0.25, -0.2) is 0 Å². The van der Waals surface area contributed by atoms with Crippen LogP contribution >= 0.6 is 0 Å². The van der Waals surface area contributed by atoms with Crippen molar-refractivity contribution in [2.24, 2.45) is 0 Å². The Morgan fingerprint density at radius 2 is 2.15 bits per heavy atom. The van der Waals surface area contributed by atoms with Crippen LogP contribution in [0.2, 0.25) is 0 Å². The van der Waals surface area contributed by atoms with E-state index in [1.165, 1.54) is 0 Å². The van der Waals surface area contributed by atoms with E-state index in [-0.39, 0.29) is 18.6 Å². The number of carbonyl (C=O) groups is 1. The Labute approximate surface area is 118 Å². The topological polar surface area (TPSA) is 64.3 Å². The standard InChI is InChI=1S/C16H16N2O2/c17-10-4-11-18(14-8-9-14)16(20)15-7-2-1-5-13(15)6-3-12-19/h1-2,5,7,14,19H,4,8-9,11-12H2. The minimum atomic E-state index is -0.233. The first kappa shape index (κ1) is 14.1. The van der Waals surface area contributed by atoms with Crippen molar-refractivity contribution in [3.8, 4) is 17.9 Å². The molecule has 1 saturated carbocycles. The Morgan fingerprint density at radius 1 is 1.40 bits per heavy atom. The molecule has 1 aliphatic rings. The summed E-state index contributed by atoms with van der Waals surface area (Å²) in [7, 11) is 0. The maximum absolute atomic E-state index is 12.6. The van der Waals surface area contributed by atoms with Crippen molar-refractivity contribution in [1.29, 1.82) is 5.26 Å². The van der Waals surface area contributed by atoms with Crippen LogP contribution in [0.5, 0.6) is 0 Å². The summed E-state index contributed by atoms with van der Waals surface area (Å²) in [5.41, 5.74) is 1.16. The third-order valence-corrected chi connectivity index (χ3v) is 3.17. The van der Waals surface area contributed by atoms with Gasteiger partial charge in [0.05, 0.1) is 18.1 Å². The van der Waals surface area contributed by atoms with Crippen molar-refractivity contribution < 1.29 is 9.90 Å². The van der Waals surface area contributed by atoms with Crippen LogP contribution in [-0.2, 0) is 0 Å². The molecule has 1 aromatic carbocycles. The van der Waals surface area contributed by atoms with Crippen LogP contribution in [0.3, 0.4) is 0 Å². The lowest BCUT2D eigenvalue weighted by molar-refractivity contribution is 0.0746. The molecule has 0 spiro atoms. The van der Waals surface area contributed by atoms with E-state index in [4.69, 9.17) is 10.4 Å². The zero-order chi connectivity index (χ0) is 14.4. The highest BCUT2D eigenvalue weighted by atomic mass is 16.2. The van der Waals surface area contributed by atoms with Gasteiger partial charge in [0.2, 0.25) is 0 Å². The Morgan fingerprint density at radius 3 is 2.80 bits per heavy atom. The van der Waals surface area contributed by atoms with Crippen LogP contribution in [0, 0.1) is 23.2 Å². The van der Waals surface area contributed by atoms with Gasteiger partial charge in [0.25, 0.3) is 5.91 Å². The number of rotatable bonds is 4. The number of aliphatic hydroxyl groups excluding tert-OH is 1. The summed E-state index contributed by atoms with van der Waals surface area (Å²) in [6, 6.07) is 9.46. The molecule has 0 radical (unpaired) electrons. The molecule has 0 aliphatic heterocycles. The van der Waals surface area contributed by atoms with Gasteiger partial charge in [-0.3, -0.25) is 4.79 Å². The van der Waals surface area contributed by atoms with Crippen LogP contribution in [-0.4, -0.2) is 35.1 Å². The zero-order valence-corrected chi connectivity index (χ0v) is 11.2. The fraction of sp³-hybridized carbons (Fsp3) is 0.375. The molecule has 0 heterocycles. The van der Waals surface area contributed by atoms with Crippen molar-refractivity contribution in [3.05, 3.63) is 35.4 Å². The number of aliphatic hydroxyl groups is 1. The van der Waals surface area contributed by atoms with Gasteiger partial charge in [-0.2, -0.15) is 5.26 Å². The minimum absolute atomic E-state index is 0.0782. The van der Waals surface area contributed by atoms with Crippen molar-refractivity contribution >= 4 is 5.91 Å². The van der Waals surface area contributed by atoms with Gasteiger partial charge in [-0.15, -0.1) is 0 Å². The first-order valence-corrected chi connectivity index (χ1v) is 6.64. The van der Waals surface area contributed by atoms with Crippen LogP contribution in [0.1, 0.15) is 35.2 Å². The van der Waals surface area contributed by atoms with E-state index >= 15 is 0 Å². The number of nitrogens with zero attached hydrogens (tertiary/aromatic N) is 2. The first-order chi connectivity index (χ1) is 9.77. The molecule has 0 bridgehead atoms. The first-order valence-electron chi connectivity index (χ1n) is 6.64.